The van der Waals surface area contributed by atoms with E-state index in [1.165, 1.54) is 0 Å². The molecule has 0 radical (unpaired) electrons. The number of likely N-dealkylation sites (tertiary alicyclic amines) is 1. The molecule has 1 saturated heterocycles. The Balaban J connectivity index is 1.47. The van der Waals surface area contributed by atoms with Crippen LogP contribution >= 0.6 is 23.2 Å². The van der Waals surface area contributed by atoms with E-state index in [2.05, 4.69) is 4.90 Å². The number of hydrogen-bond acceptors (Lipinski definition) is 3. The molecule has 1 aliphatic rings. The van der Waals surface area contributed by atoms with E-state index in [1.54, 1.807) is 12.1 Å². The van der Waals surface area contributed by atoms with Crippen LogP contribution in [0.2, 0.25) is 10.0 Å². The van der Waals surface area contributed by atoms with E-state index in [4.69, 9.17) is 23.2 Å². The number of hydrogen-bond donors (Lipinski definition) is 1. The zero-order valence-electron chi connectivity index (χ0n) is 16.1. The average Bonchev–Trinajstić information content (AvgIpc) is 2.63. The Morgan fingerprint density at radius 2 is 1.89 bits per heavy atom. The second-order valence-corrected chi connectivity index (χ2v) is 8.33. The smallest absolute Gasteiger partial charge is 0.224 e. The number of aryl methyl sites for hydroxylation is 1. The van der Waals surface area contributed by atoms with Gasteiger partial charge in [-0.3, -0.25) is 9.69 Å². The molecular formula is C22H26Cl2N2O2. The highest BCUT2D eigenvalue weighted by Crippen LogP contribution is 2.23. The van der Waals surface area contributed by atoms with Crippen LogP contribution in [0.15, 0.2) is 42.5 Å². The Labute approximate surface area is 176 Å². The summed E-state index contributed by atoms with van der Waals surface area (Å²) in [7, 11) is 2.04. The lowest BCUT2D eigenvalue weighted by Gasteiger charge is -2.36. The summed E-state index contributed by atoms with van der Waals surface area (Å²) >= 11 is 12.2. The molecule has 4 nitrogen and oxygen atoms in total. The van der Waals surface area contributed by atoms with Crippen LogP contribution in [0.25, 0.3) is 0 Å². The first-order valence-corrected chi connectivity index (χ1v) is 10.4. The van der Waals surface area contributed by atoms with Gasteiger partial charge in [0, 0.05) is 42.1 Å². The van der Waals surface area contributed by atoms with Crippen molar-refractivity contribution in [3.63, 3.8) is 0 Å². The molecule has 0 aliphatic carbocycles. The summed E-state index contributed by atoms with van der Waals surface area (Å²) in [5.74, 6) is 0.528. The van der Waals surface area contributed by atoms with E-state index in [0.717, 1.165) is 43.5 Å². The van der Waals surface area contributed by atoms with Crippen LogP contribution < -0.4 is 0 Å². The molecule has 3 rings (SSSR count). The van der Waals surface area contributed by atoms with Crippen LogP contribution in [0.5, 0.6) is 5.75 Å². The molecule has 1 amide bonds. The van der Waals surface area contributed by atoms with Gasteiger partial charge in [0.1, 0.15) is 5.75 Å². The highest BCUT2D eigenvalue weighted by Gasteiger charge is 2.28. The lowest BCUT2D eigenvalue weighted by molar-refractivity contribution is -0.135. The van der Waals surface area contributed by atoms with E-state index in [-0.39, 0.29) is 11.9 Å². The second-order valence-electron chi connectivity index (χ2n) is 7.45. The number of benzene rings is 2. The van der Waals surface area contributed by atoms with Crippen molar-refractivity contribution in [3.8, 4) is 5.75 Å². The Hall–Kier alpha value is -1.75. The van der Waals surface area contributed by atoms with E-state index >= 15 is 0 Å². The number of carbonyl (C=O) groups is 1. The van der Waals surface area contributed by atoms with Crippen molar-refractivity contribution in [1.29, 1.82) is 0 Å². The summed E-state index contributed by atoms with van der Waals surface area (Å²) in [4.78, 5) is 16.7. The molecule has 2 aromatic carbocycles. The Kier molecular flexibility index (Phi) is 7.22. The number of phenolic OH excluding ortho intramolecular Hbond substituents is 1. The molecule has 1 N–H and O–H groups in total. The van der Waals surface area contributed by atoms with E-state index in [9.17, 15) is 9.90 Å². The summed E-state index contributed by atoms with van der Waals surface area (Å²) < 4.78 is 0. The van der Waals surface area contributed by atoms with Gasteiger partial charge in [-0.05, 0) is 61.7 Å². The largest absolute Gasteiger partial charge is 0.508 e. The van der Waals surface area contributed by atoms with E-state index in [1.807, 2.05) is 42.3 Å². The molecule has 0 spiro atoms. The Morgan fingerprint density at radius 3 is 2.57 bits per heavy atom. The second kappa shape index (κ2) is 9.64. The van der Waals surface area contributed by atoms with Crippen molar-refractivity contribution in [2.24, 2.45) is 0 Å². The van der Waals surface area contributed by atoms with Crippen molar-refractivity contribution < 1.29 is 9.90 Å². The zero-order chi connectivity index (χ0) is 20.1. The van der Waals surface area contributed by atoms with Gasteiger partial charge >= 0.3 is 0 Å². The molecule has 1 unspecified atom stereocenters. The molecule has 1 aliphatic heterocycles. The highest BCUT2D eigenvalue weighted by atomic mass is 35.5. The fraction of sp³-hybridized carbons (Fsp3) is 0.409. The molecule has 1 atom stereocenters. The van der Waals surface area contributed by atoms with Gasteiger partial charge in [0.05, 0.1) is 0 Å². The number of aromatic hydroxyl groups is 1. The van der Waals surface area contributed by atoms with Crippen molar-refractivity contribution in [2.75, 3.05) is 20.1 Å². The fourth-order valence-corrected chi connectivity index (χ4v) is 4.35. The quantitative estimate of drug-likeness (QED) is 0.702. The molecule has 2 aromatic rings. The monoisotopic (exact) mass is 420 g/mol. The van der Waals surface area contributed by atoms with Crippen LogP contribution in [-0.4, -0.2) is 47.0 Å². The number of carbonyl (C=O) groups excluding carboxylic acids is 1. The number of nitrogens with zero attached hydrogens (tertiary/aromatic N) is 2. The molecule has 0 aromatic heterocycles. The zero-order valence-corrected chi connectivity index (χ0v) is 17.6. The third-order valence-corrected chi connectivity index (χ3v) is 5.78. The molecule has 6 heteroatoms. The van der Waals surface area contributed by atoms with Crippen LogP contribution in [-0.2, 0) is 17.8 Å². The van der Waals surface area contributed by atoms with Crippen molar-refractivity contribution >= 4 is 29.1 Å². The molecular weight excluding hydrogens is 395 g/mol. The van der Waals surface area contributed by atoms with Crippen molar-refractivity contribution in [1.82, 2.24) is 9.80 Å². The molecule has 28 heavy (non-hydrogen) atoms. The minimum absolute atomic E-state index is 0.199. The third kappa shape index (κ3) is 5.63. The first kappa shape index (κ1) is 21.0. The normalized spacial score (nSPS) is 17.4. The van der Waals surface area contributed by atoms with Crippen LogP contribution in [0, 0.1) is 0 Å². The minimum Gasteiger partial charge on any atom is -0.508 e. The van der Waals surface area contributed by atoms with Crippen LogP contribution in [0.3, 0.4) is 0 Å². The van der Waals surface area contributed by atoms with Crippen molar-refractivity contribution in [2.45, 2.75) is 38.3 Å². The Morgan fingerprint density at radius 1 is 1.18 bits per heavy atom. The number of halogens is 2. The van der Waals surface area contributed by atoms with Gasteiger partial charge in [-0.2, -0.15) is 0 Å². The topological polar surface area (TPSA) is 43.8 Å². The first-order chi connectivity index (χ1) is 13.4. The Bertz CT molecular complexity index is 808. The van der Waals surface area contributed by atoms with Gasteiger partial charge in [0.15, 0.2) is 0 Å². The maximum absolute atomic E-state index is 12.6. The molecule has 1 fully saturated rings. The third-order valence-electron chi connectivity index (χ3n) is 5.34. The molecule has 0 saturated carbocycles. The summed E-state index contributed by atoms with van der Waals surface area (Å²) in [6.07, 6.45) is 3.11. The fourth-order valence-electron chi connectivity index (χ4n) is 3.78. The minimum atomic E-state index is 0.199. The number of phenols is 1. The van der Waals surface area contributed by atoms with Crippen LogP contribution in [0.1, 0.15) is 30.4 Å². The maximum atomic E-state index is 12.6. The lowest BCUT2D eigenvalue weighted by Crippen LogP contribution is -2.46. The van der Waals surface area contributed by atoms with Gasteiger partial charge < -0.3 is 10.0 Å². The predicted octanol–water partition coefficient (Wildman–Crippen LogP) is 4.75. The first-order valence-electron chi connectivity index (χ1n) is 9.62. The average molecular weight is 421 g/mol. The van der Waals surface area contributed by atoms with Gasteiger partial charge in [0.25, 0.3) is 0 Å². The number of piperidine rings is 1. The van der Waals surface area contributed by atoms with E-state index < -0.39 is 0 Å². The summed E-state index contributed by atoms with van der Waals surface area (Å²) in [6, 6.07) is 13.2. The van der Waals surface area contributed by atoms with Gasteiger partial charge in [-0.15, -0.1) is 0 Å². The maximum Gasteiger partial charge on any atom is 0.224 e. The number of amides is 1. The highest BCUT2D eigenvalue weighted by molar-refractivity contribution is 6.34. The molecule has 1 heterocycles. The van der Waals surface area contributed by atoms with Gasteiger partial charge in [-0.1, -0.05) is 41.4 Å². The molecule has 0 bridgehead atoms. The number of rotatable bonds is 7. The van der Waals surface area contributed by atoms with E-state index in [0.29, 0.717) is 28.8 Å². The summed E-state index contributed by atoms with van der Waals surface area (Å²) in [6.45, 7) is 2.21. The van der Waals surface area contributed by atoms with Crippen LogP contribution in [0.4, 0.5) is 0 Å². The number of para-hydroxylation sites is 1. The molecule has 150 valence electrons. The van der Waals surface area contributed by atoms with Gasteiger partial charge in [-0.25, -0.2) is 0 Å². The van der Waals surface area contributed by atoms with Gasteiger partial charge in [0.2, 0.25) is 5.91 Å². The standard InChI is InChI=1S/C22H26Cl2N2O2/c1-25(15-16-11-18(23)13-19(24)12-16)20-8-10-26(22(28)14-20)9-4-6-17-5-2-3-7-21(17)27/h2-3,5,7,11-13,20,27H,4,6,8-10,14-15H2,1H3. The lowest BCUT2D eigenvalue weighted by atomic mass is 10.0. The van der Waals surface area contributed by atoms with Crippen molar-refractivity contribution in [3.05, 3.63) is 63.6 Å². The SMILES string of the molecule is CN(Cc1cc(Cl)cc(Cl)c1)C1CCN(CCCc2ccccc2O)C(=O)C1. The summed E-state index contributed by atoms with van der Waals surface area (Å²) in [5, 5.41) is 11.1. The predicted molar refractivity (Wildman–Crippen MR) is 114 cm³/mol. The summed E-state index contributed by atoms with van der Waals surface area (Å²) in [5.41, 5.74) is 1.99.